The number of carbonyl (C=O) groups excluding carboxylic acids is 2. The first-order valence-corrected chi connectivity index (χ1v) is 21.6. The van der Waals surface area contributed by atoms with Crippen LogP contribution in [0.2, 0.25) is 0 Å². The molecular formula is C43H85NO5. The summed E-state index contributed by atoms with van der Waals surface area (Å²) in [5.74, 6) is -0.0585. The van der Waals surface area contributed by atoms with Gasteiger partial charge in [-0.25, -0.2) is 0 Å². The lowest BCUT2D eigenvalue weighted by Crippen LogP contribution is -2.32. The summed E-state index contributed by atoms with van der Waals surface area (Å²) in [7, 11) is 0. The molecule has 0 aromatic rings. The van der Waals surface area contributed by atoms with E-state index in [9.17, 15) is 14.7 Å². The van der Waals surface area contributed by atoms with E-state index >= 15 is 0 Å². The van der Waals surface area contributed by atoms with E-state index in [1.54, 1.807) is 0 Å². The van der Waals surface area contributed by atoms with E-state index in [0.29, 0.717) is 26.0 Å². The van der Waals surface area contributed by atoms with E-state index in [2.05, 4.69) is 32.6 Å². The standard InChI is InChI=1S/C43H85NO5/c1-5-8-11-14-17-23-31-40-48-41(46)32-26-24-30-37-44(38-39-45)36-29-22-18-19-25-33-42(47)49-43(4,34-27-20-15-12-9-6-2)35-28-21-16-13-10-7-3/h45H,5-40H2,1-4H3. The Morgan fingerprint density at radius 1 is 0.490 bits per heavy atom. The lowest BCUT2D eigenvalue weighted by molar-refractivity contribution is -0.160. The fraction of sp³-hybridized carbons (Fsp3) is 0.953. The monoisotopic (exact) mass is 696 g/mol. The second-order valence-corrected chi connectivity index (χ2v) is 15.2. The van der Waals surface area contributed by atoms with Crippen molar-refractivity contribution in [1.82, 2.24) is 4.90 Å². The Morgan fingerprint density at radius 2 is 0.878 bits per heavy atom. The highest BCUT2D eigenvalue weighted by atomic mass is 16.6. The van der Waals surface area contributed by atoms with Crippen LogP contribution in [0.3, 0.4) is 0 Å². The number of unbranched alkanes of at least 4 members (excludes halogenated alkanes) is 22. The van der Waals surface area contributed by atoms with Crippen LogP contribution in [0.15, 0.2) is 0 Å². The van der Waals surface area contributed by atoms with Crippen molar-refractivity contribution in [2.45, 2.75) is 232 Å². The minimum absolute atomic E-state index is 0.00462. The Hall–Kier alpha value is -1.14. The highest BCUT2D eigenvalue weighted by molar-refractivity contribution is 5.70. The van der Waals surface area contributed by atoms with E-state index in [1.165, 1.54) is 96.3 Å². The molecule has 1 N–H and O–H groups in total. The first kappa shape index (κ1) is 47.9. The van der Waals surface area contributed by atoms with E-state index in [1.807, 2.05) is 0 Å². The molecule has 6 heteroatoms. The maximum atomic E-state index is 12.9. The molecule has 0 aromatic carbocycles. The zero-order chi connectivity index (χ0) is 36.1. The van der Waals surface area contributed by atoms with E-state index < -0.39 is 0 Å². The first-order chi connectivity index (χ1) is 23.9. The summed E-state index contributed by atoms with van der Waals surface area (Å²) >= 11 is 0. The molecule has 0 heterocycles. The molecule has 0 aliphatic carbocycles. The molecule has 0 aliphatic rings. The van der Waals surface area contributed by atoms with Gasteiger partial charge in [-0.15, -0.1) is 0 Å². The number of ether oxygens (including phenoxy) is 2. The van der Waals surface area contributed by atoms with Gasteiger partial charge in [0.2, 0.25) is 0 Å². The zero-order valence-corrected chi connectivity index (χ0v) is 33.5. The van der Waals surface area contributed by atoms with Gasteiger partial charge in [-0.3, -0.25) is 9.59 Å². The normalized spacial score (nSPS) is 11.8. The fourth-order valence-corrected chi connectivity index (χ4v) is 6.82. The van der Waals surface area contributed by atoms with Gasteiger partial charge < -0.3 is 19.5 Å². The highest BCUT2D eigenvalue weighted by Crippen LogP contribution is 2.28. The third-order valence-electron chi connectivity index (χ3n) is 10.1. The molecule has 49 heavy (non-hydrogen) atoms. The van der Waals surface area contributed by atoms with Crippen LogP contribution in [0.5, 0.6) is 0 Å². The van der Waals surface area contributed by atoms with Gasteiger partial charge in [0.1, 0.15) is 5.60 Å². The smallest absolute Gasteiger partial charge is 0.306 e. The summed E-state index contributed by atoms with van der Waals surface area (Å²) in [5, 5.41) is 9.53. The summed E-state index contributed by atoms with van der Waals surface area (Å²) in [6.45, 7) is 12.4. The van der Waals surface area contributed by atoms with Gasteiger partial charge in [0.05, 0.1) is 13.2 Å². The molecule has 0 fully saturated rings. The van der Waals surface area contributed by atoms with E-state index in [-0.39, 0.29) is 24.1 Å². The Kier molecular flexibility index (Phi) is 35.8. The van der Waals surface area contributed by atoms with Gasteiger partial charge in [-0.2, -0.15) is 0 Å². The van der Waals surface area contributed by atoms with Crippen molar-refractivity contribution >= 4 is 11.9 Å². The minimum atomic E-state index is -0.307. The number of nitrogens with zero attached hydrogens (tertiary/aromatic N) is 1. The van der Waals surface area contributed by atoms with Gasteiger partial charge in [-0.05, 0) is 77.8 Å². The third-order valence-corrected chi connectivity index (χ3v) is 10.1. The predicted molar refractivity (Wildman–Crippen MR) is 209 cm³/mol. The van der Waals surface area contributed by atoms with Gasteiger partial charge >= 0.3 is 11.9 Å². The van der Waals surface area contributed by atoms with Gasteiger partial charge in [0.25, 0.3) is 0 Å². The lowest BCUT2D eigenvalue weighted by Gasteiger charge is -2.30. The molecule has 0 bridgehead atoms. The second-order valence-electron chi connectivity index (χ2n) is 15.2. The van der Waals surface area contributed by atoms with Crippen molar-refractivity contribution in [2.75, 3.05) is 32.8 Å². The third kappa shape index (κ3) is 33.7. The lowest BCUT2D eigenvalue weighted by atomic mass is 9.91. The molecule has 292 valence electrons. The fourth-order valence-electron chi connectivity index (χ4n) is 6.82. The van der Waals surface area contributed by atoms with Gasteiger partial charge in [0.15, 0.2) is 0 Å². The first-order valence-electron chi connectivity index (χ1n) is 21.6. The molecule has 0 radical (unpaired) electrons. The Bertz CT molecular complexity index is 698. The minimum Gasteiger partial charge on any atom is -0.466 e. The average Bonchev–Trinajstić information content (AvgIpc) is 3.08. The molecule has 0 saturated carbocycles. The summed E-state index contributed by atoms with van der Waals surface area (Å²) in [6, 6.07) is 0. The topological polar surface area (TPSA) is 76.1 Å². The molecule has 0 amide bonds. The SMILES string of the molecule is CCCCCCCCCOC(=O)CCCCCN(CCO)CCCCCCCC(=O)OC(C)(CCCCCCCC)CCCCCCCC. The van der Waals surface area contributed by atoms with E-state index in [4.69, 9.17) is 9.47 Å². The summed E-state index contributed by atoms with van der Waals surface area (Å²) in [4.78, 5) is 27.2. The van der Waals surface area contributed by atoms with Crippen molar-refractivity contribution in [3.05, 3.63) is 0 Å². The number of carbonyl (C=O) groups is 2. The molecule has 0 aliphatic heterocycles. The van der Waals surface area contributed by atoms with Crippen molar-refractivity contribution in [3.8, 4) is 0 Å². The zero-order valence-electron chi connectivity index (χ0n) is 33.5. The number of rotatable bonds is 39. The van der Waals surface area contributed by atoms with Crippen molar-refractivity contribution in [3.63, 3.8) is 0 Å². The van der Waals surface area contributed by atoms with Crippen LogP contribution in [0, 0.1) is 0 Å². The molecule has 0 saturated heterocycles. The predicted octanol–water partition coefficient (Wildman–Crippen LogP) is 12.3. The number of esters is 2. The number of hydrogen-bond donors (Lipinski definition) is 1. The molecule has 0 spiro atoms. The molecular weight excluding hydrogens is 610 g/mol. The molecule has 6 nitrogen and oxygen atoms in total. The molecule has 0 unspecified atom stereocenters. The van der Waals surface area contributed by atoms with Crippen LogP contribution >= 0.6 is 0 Å². The average molecular weight is 696 g/mol. The highest BCUT2D eigenvalue weighted by Gasteiger charge is 2.27. The van der Waals surface area contributed by atoms with Crippen molar-refractivity contribution < 1.29 is 24.2 Å². The quantitative estimate of drug-likeness (QED) is 0.0509. The number of aliphatic hydroxyl groups is 1. The summed E-state index contributed by atoms with van der Waals surface area (Å²) in [5.41, 5.74) is -0.307. The Morgan fingerprint density at radius 3 is 1.37 bits per heavy atom. The van der Waals surface area contributed by atoms with Crippen LogP contribution in [0.1, 0.15) is 227 Å². The largest absolute Gasteiger partial charge is 0.466 e. The van der Waals surface area contributed by atoms with Gasteiger partial charge in [-0.1, -0.05) is 149 Å². The van der Waals surface area contributed by atoms with Crippen LogP contribution in [-0.2, 0) is 19.1 Å². The maximum Gasteiger partial charge on any atom is 0.306 e. The van der Waals surface area contributed by atoms with Crippen molar-refractivity contribution in [1.29, 1.82) is 0 Å². The van der Waals surface area contributed by atoms with Crippen LogP contribution in [0.4, 0.5) is 0 Å². The molecule has 0 aromatic heterocycles. The van der Waals surface area contributed by atoms with Crippen LogP contribution in [-0.4, -0.2) is 60.4 Å². The molecule has 0 atom stereocenters. The van der Waals surface area contributed by atoms with E-state index in [0.717, 1.165) is 103 Å². The second kappa shape index (κ2) is 36.6. The number of hydrogen-bond acceptors (Lipinski definition) is 6. The molecule has 0 rings (SSSR count). The maximum absolute atomic E-state index is 12.9. The Balaban J connectivity index is 4.10. The van der Waals surface area contributed by atoms with Gasteiger partial charge in [0, 0.05) is 19.4 Å². The summed E-state index contributed by atoms with van der Waals surface area (Å²) < 4.78 is 11.6. The summed E-state index contributed by atoms with van der Waals surface area (Å²) in [6.07, 6.45) is 35.2. The number of aliphatic hydroxyl groups excluding tert-OH is 1. The van der Waals surface area contributed by atoms with Crippen LogP contribution in [0.25, 0.3) is 0 Å². The van der Waals surface area contributed by atoms with Crippen LogP contribution < -0.4 is 0 Å². The Labute approximate surface area is 305 Å². The van der Waals surface area contributed by atoms with Crippen molar-refractivity contribution in [2.24, 2.45) is 0 Å².